The van der Waals surface area contributed by atoms with Crippen LogP contribution in [0.4, 0.5) is 0 Å². The van der Waals surface area contributed by atoms with E-state index in [-0.39, 0.29) is 0 Å². The Bertz CT molecular complexity index is 646. The summed E-state index contributed by atoms with van der Waals surface area (Å²) in [4.78, 5) is 3.20. The predicted octanol–water partition coefficient (Wildman–Crippen LogP) is 5.12. The van der Waals surface area contributed by atoms with Crippen molar-refractivity contribution in [1.29, 1.82) is 0 Å². The van der Waals surface area contributed by atoms with Crippen molar-refractivity contribution in [3.05, 3.63) is 55.5 Å². The number of fused-ring (bicyclic) bond motifs is 1. The molecule has 0 saturated heterocycles. The highest BCUT2D eigenvalue weighted by atomic mass is 79.9. The van der Waals surface area contributed by atoms with E-state index in [0.29, 0.717) is 0 Å². The number of aliphatic hydroxyl groups excluding tert-OH is 1. The minimum absolute atomic E-state index is 0.516. The van der Waals surface area contributed by atoms with Gasteiger partial charge in [0.25, 0.3) is 0 Å². The molecule has 0 aliphatic heterocycles. The first-order valence-electron chi connectivity index (χ1n) is 5.57. The maximum absolute atomic E-state index is 10.4. The van der Waals surface area contributed by atoms with Crippen LogP contribution in [-0.4, -0.2) is 5.11 Å². The SMILES string of the molecule is Cc1sc(C(O)c2cc3ccccc3s2)cc1Br. The summed E-state index contributed by atoms with van der Waals surface area (Å²) in [5, 5.41) is 11.6. The summed E-state index contributed by atoms with van der Waals surface area (Å²) in [6, 6.07) is 12.3. The highest BCUT2D eigenvalue weighted by Gasteiger charge is 2.16. The lowest BCUT2D eigenvalue weighted by atomic mass is 10.2. The topological polar surface area (TPSA) is 20.2 Å². The van der Waals surface area contributed by atoms with Gasteiger partial charge in [-0.2, -0.15) is 0 Å². The van der Waals surface area contributed by atoms with Gasteiger partial charge in [-0.1, -0.05) is 18.2 Å². The maximum Gasteiger partial charge on any atom is 0.122 e. The average Bonchev–Trinajstić information content (AvgIpc) is 2.93. The highest BCUT2D eigenvalue weighted by molar-refractivity contribution is 9.10. The predicted molar refractivity (Wildman–Crippen MR) is 82.6 cm³/mol. The molecule has 4 heteroatoms. The quantitative estimate of drug-likeness (QED) is 0.687. The van der Waals surface area contributed by atoms with Gasteiger partial charge in [-0.05, 0) is 46.4 Å². The Morgan fingerprint density at radius 1 is 1.11 bits per heavy atom. The Morgan fingerprint density at radius 3 is 2.50 bits per heavy atom. The third-order valence-electron chi connectivity index (χ3n) is 2.86. The number of thiophene rings is 2. The van der Waals surface area contributed by atoms with Gasteiger partial charge in [0.05, 0.1) is 0 Å². The summed E-state index contributed by atoms with van der Waals surface area (Å²) in [5.41, 5.74) is 0. The van der Waals surface area contributed by atoms with Crippen molar-refractivity contribution >= 4 is 48.7 Å². The molecule has 0 aliphatic carbocycles. The van der Waals surface area contributed by atoms with Crippen molar-refractivity contribution in [3.63, 3.8) is 0 Å². The van der Waals surface area contributed by atoms with Gasteiger partial charge in [0.15, 0.2) is 0 Å². The standard InChI is InChI=1S/C14H11BrOS2/c1-8-10(15)7-13(17-8)14(16)12-6-9-4-2-3-5-11(9)18-12/h2-7,14,16H,1H3. The van der Waals surface area contributed by atoms with E-state index < -0.39 is 6.10 Å². The second-order valence-corrected chi connectivity index (χ2v) is 7.40. The lowest BCUT2D eigenvalue weighted by Gasteiger charge is -2.04. The van der Waals surface area contributed by atoms with Crippen LogP contribution in [0, 0.1) is 6.92 Å². The molecule has 1 aromatic carbocycles. The van der Waals surface area contributed by atoms with Gasteiger partial charge >= 0.3 is 0 Å². The molecule has 0 spiro atoms. The lowest BCUT2D eigenvalue weighted by Crippen LogP contribution is -1.92. The second-order valence-electron chi connectivity index (χ2n) is 4.14. The van der Waals surface area contributed by atoms with Gasteiger partial charge in [0, 0.05) is 23.8 Å². The Hall–Kier alpha value is -0.680. The monoisotopic (exact) mass is 338 g/mol. The molecule has 0 bridgehead atoms. The van der Waals surface area contributed by atoms with Gasteiger partial charge in [-0.25, -0.2) is 0 Å². The zero-order chi connectivity index (χ0) is 12.7. The fourth-order valence-electron chi connectivity index (χ4n) is 1.89. The number of benzene rings is 1. The molecule has 2 aromatic heterocycles. The fourth-order valence-corrected chi connectivity index (χ4v) is 4.60. The number of rotatable bonds is 2. The van der Waals surface area contributed by atoms with E-state index >= 15 is 0 Å². The fraction of sp³-hybridized carbons (Fsp3) is 0.143. The van der Waals surface area contributed by atoms with E-state index in [1.807, 2.05) is 18.2 Å². The van der Waals surface area contributed by atoms with Gasteiger partial charge in [0.1, 0.15) is 6.10 Å². The van der Waals surface area contributed by atoms with Crippen LogP contribution in [-0.2, 0) is 0 Å². The first kappa shape index (κ1) is 12.4. The van der Waals surface area contributed by atoms with E-state index in [1.54, 1.807) is 22.7 Å². The molecule has 1 nitrogen and oxygen atoms in total. The zero-order valence-electron chi connectivity index (χ0n) is 9.68. The number of hydrogen-bond acceptors (Lipinski definition) is 3. The van der Waals surface area contributed by atoms with Crippen LogP contribution in [0.5, 0.6) is 0 Å². The first-order valence-corrected chi connectivity index (χ1v) is 8.00. The molecule has 0 amide bonds. The van der Waals surface area contributed by atoms with Crippen LogP contribution in [0.2, 0.25) is 0 Å². The molecule has 18 heavy (non-hydrogen) atoms. The lowest BCUT2D eigenvalue weighted by molar-refractivity contribution is 0.228. The van der Waals surface area contributed by atoms with E-state index in [2.05, 4.69) is 41.1 Å². The Balaban J connectivity index is 2.03. The number of hydrogen-bond donors (Lipinski definition) is 1. The molecule has 0 radical (unpaired) electrons. The summed E-state index contributed by atoms with van der Waals surface area (Å²) in [6.45, 7) is 2.05. The number of aryl methyl sites for hydroxylation is 1. The molecule has 1 unspecified atom stereocenters. The van der Waals surface area contributed by atoms with Crippen LogP contribution in [0.15, 0.2) is 40.9 Å². The normalized spacial score (nSPS) is 13.1. The molecule has 0 saturated carbocycles. The van der Waals surface area contributed by atoms with Crippen molar-refractivity contribution < 1.29 is 5.11 Å². The average molecular weight is 339 g/mol. The summed E-state index contributed by atoms with van der Waals surface area (Å²) < 4.78 is 2.29. The van der Waals surface area contributed by atoms with Crippen molar-refractivity contribution in [3.8, 4) is 0 Å². The van der Waals surface area contributed by atoms with Gasteiger partial charge in [-0.15, -0.1) is 22.7 Å². The maximum atomic E-state index is 10.4. The summed E-state index contributed by atoms with van der Waals surface area (Å²) >= 11 is 6.79. The van der Waals surface area contributed by atoms with Crippen LogP contribution in [0.1, 0.15) is 20.7 Å². The first-order chi connectivity index (χ1) is 8.65. The minimum Gasteiger partial charge on any atom is -0.382 e. The number of aliphatic hydroxyl groups is 1. The van der Waals surface area contributed by atoms with Crippen molar-refractivity contribution in [1.82, 2.24) is 0 Å². The van der Waals surface area contributed by atoms with Crippen LogP contribution >= 0.6 is 38.6 Å². The molecule has 92 valence electrons. The van der Waals surface area contributed by atoms with Gasteiger partial charge in [0.2, 0.25) is 0 Å². The number of halogens is 1. The van der Waals surface area contributed by atoms with Crippen molar-refractivity contribution in [2.75, 3.05) is 0 Å². The molecular weight excluding hydrogens is 328 g/mol. The summed E-state index contributed by atoms with van der Waals surface area (Å²) in [6.07, 6.45) is -0.516. The summed E-state index contributed by atoms with van der Waals surface area (Å²) in [5.74, 6) is 0. The molecule has 3 aromatic rings. The largest absolute Gasteiger partial charge is 0.382 e. The van der Waals surface area contributed by atoms with Crippen LogP contribution in [0.3, 0.4) is 0 Å². The van der Waals surface area contributed by atoms with E-state index in [0.717, 1.165) is 14.2 Å². The molecule has 1 atom stereocenters. The molecule has 1 N–H and O–H groups in total. The third kappa shape index (κ3) is 2.14. The van der Waals surface area contributed by atoms with Gasteiger partial charge < -0.3 is 5.11 Å². The Labute approximate surface area is 122 Å². The van der Waals surface area contributed by atoms with E-state index in [9.17, 15) is 5.11 Å². The van der Waals surface area contributed by atoms with E-state index in [4.69, 9.17) is 0 Å². The molecule has 0 aliphatic rings. The molecule has 3 rings (SSSR count). The van der Waals surface area contributed by atoms with Gasteiger partial charge in [-0.3, -0.25) is 0 Å². The minimum atomic E-state index is -0.516. The molecular formula is C14H11BrOS2. The second kappa shape index (κ2) is 4.78. The smallest absolute Gasteiger partial charge is 0.122 e. The van der Waals surface area contributed by atoms with E-state index in [1.165, 1.54) is 15.0 Å². The third-order valence-corrected chi connectivity index (χ3v) is 6.22. The van der Waals surface area contributed by atoms with Crippen LogP contribution in [0.25, 0.3) is 10.1 Å². The Morgan fingerprint density at radius 2 is 1.83 bits per heavy atom. The Kier molecular flexibility index (Phi) is 3.28. The van der Waals surface area contributed by atoms with Crippen molar-refractivity contribution in [2.24, 2.45) is 0 Å². The molecule has 0 fully saturated rings. The summed E-state index contributed by atoms with van der Waals surface area (Å²) in [7, 11) is 0. The highest BCUT2D eigenvalue weighted by Crippen LogP contribution is 2.37. The van der Waals surface area contributed by atoms with Crippen LogP contribution < -0.4 is 0 Å². The van der Waals surface area contributed by atoms with Crippen molar-refractivity contribution in [2.45, 2.75) is 13.0 Å². The zero-order valence-corrected chi connectivity index (χ0v) is 12.9. The molecule has 2 heterocycles.